The summed E-state index contributed by atoms with van der Waals surface area (Å²) in [4.78, 5) is 10.4. The molecule has 0 aromatic heterocycles. The largest absolute Gasteiger partial charge is 0.480 e. The molecule has 1 unspecified atom stereocenters. The molecule has 0 fully saturated rings. The first-order valence-electron chi connectivity index (χ1n) is 3.48. The molecule has 0 spiro atoms. The van der Waals surface area contributed by atoms with Crippen LogP contribution in [-0.4, -0.2) is 44.0 Å². The molecule has 2 N–H and O–H groups in total. The van der Waals surface area contributed by atoms with E-state index in [-0.39, 0.29) is 6.61 Å². The highest BCUT2D eigenvalue weighted by atomic mass is 31.0. The van der Waals surface area contributed by atoms with Gasteiger partial charge in [0.1, 0.15) is 6.04 Å². The summed E-state index contributed by atoms with van der Waals surface area (Å²) in [5.41, 5.74) is 0. The molecule has 12 heavy (non-hydrogen) atoms. The minimum Gasteiger partial charge on any atom is -0.480 e. The van der Waals surface area contributed by atoms with E-state index >= 15 is 0 Å². The van der Waals surface area contributed by atoms with Crippen molar-refractivity contribution in [1.82, 2.24) is 5.09 Å². The molecule has 0 aliphatic rings. The van der Waals surface area contributed by atoms with Crippen LogP contribution in [0.15, 0.2) is 0 Å². The van der Waals surface area contributed by atoms with Gasteiger partial charge < -0.3 is 14.6 Å². The molecule has 2 atom stereocenters. The number of carbonyl (C=O) groups is 1. The third-order valence-corrected chi connectivity index (χ3v) is 1.62. The number of hydrogen-bond acceptors (Lipinski definition) is 4. The van der Waals surface area contributed by atoms with Crippen LogP contribution in [0.25, 0.3) is 0 Å². The van der Waals surface area contributed by atoms with E-state index in [9.17, 15) is 4.79 Å². The fourth-order valence-corrected chi connectivity index (χ4v) is 0.773. The molecule has 0 bridgehead atoms. The molecule has 0 radical (unpaired) electrons. The van der Waals surface area contributed by atoms with Gasteiger partial charge >= 0.3 is 5.97 Å². The number of carboxylic acid groups (broad SMARTS) is 1. The van der Waals surface area contributed by atoms with Crippen molar-refractivity contribution in [3.63, 3.8) is 0 Å². The Morgan fingerprint density at radius 3 is 2.75 bits per heavy atom. The second-order valence-corrected chi connectivity index (χ2v) is 2.46. The molecule has 0 rings (SSSR count). The summed E-state index contributed by atoms with van der Waals surface area (Å²) in [6.07, 6.45) is 0. The Morgan fingerprint density at radius 2 is 2.33 bits per heavy atom. The van der Waals surface area contributed by atoms with Gasteiger partial charge in [-0.15, -0.1) is 0 Å². The Labute approximate surface area is 73.7 Å². The molecule has 0 aliphatic heterocycles. The lowest BCUT2D eigenvalue weighted by molar-refractivity contribution is -0.140. The first-order valence-corrected chi connectivity index (χ1v) is 4.05. The van der Waals surface area contributed by atoms with Gasteiger partial charge in [-0.2, -0.15) is 0 Å². The van der Waals surface area contributed by atoms with Crippen LogP contribution < -0.4 is 5.09 Å². The Hall–Kier alpha value is -0.220. The standard InChI is InChI=1S/C6H14NO4P/c1-10-2-3-11-4-5(7-12)6(8)9/h5,7H,2-4,12H2,1H3,(H,8,9)/t5-/m0/s1. The molecule has 5 nitrogen and oxygen atoms in total. The summed E-state index contributed by atoms with van der Waals surface area (Å²) in [7, 11) is 3.70. The van der Waals surface area contributed by atoms with Gasteiger partial charge in [-0.25, -0.2) is 0 Å². The Kier molecular flexibility index (Phi) is 7.29. The van der Waals surface area contributed by atoms with Crippen LogP contribution >= 0.6 is 9.39 Å². The summed E-state index contributed by atoms with van der Waals surface area (Å²) in [5.74, 6) is -0.928. The van der Waals surface area contributed by atoms with Gasteiger partial charge in [-0.1, -0.05) is 9.39 Å². The summed E-state index contributed by atoms with van der Waals surface area (Å²) >= 11 is 0. The first-order chi connectivity index (χ1) is 5.72. The molecule has 0 amide bonds. The zero-order valence-electron chi connectivity index (χ0n) is 6.95. The average molecular weight is 195 g/mol. The van der Waals surface area contributed by atoms with Gasteiger partial charge in [0.15, 0.2) is 0 Å². The molecule has 0 saturated carbocycles. The molecule has 0 aliphatic carbocycles. The Balaban J connectivity index is 3.38. The van der Waals surface area contributed by atoms with Crippen LogP contribution in [0.3, 0.4) is 0 Å². The lowest BCUT2D eigenvalue weighted by Gasteiger charge is -2.10. The van der Waals surface area contributed by atoms with Gasteiger partial charge in [-0.05, 0) is 0 Å². The fraction of sp³-hybridized carbons (Fsp3) is 0.833. The number of rotatable bonds is 7. The normalized spacial score (nSPS) is 12.8. The van der Waals surface area contributed by atoms with E-state index in [4.69, 9.17) is 14.6 Å². The number of nitrogens with one attached hydrogen (secondary N) is 1. The van der Waals surface area contributed by atoms with Crippen molar-refractivity contribution in [2.24, 2.45) is 0 Å². The number of ether oxygens (including phenoxy) is 2. The summed E-state index contributed by atoms with van der Waals surface area (Å²) in [5, 5.41) is 11.1. The van der Waals surface area contributed by atoms with Crippen LogP contribution in [0.1, 0.15) is 0 Å². The van der Waals surface area contributed by atoms with Crippen LogP contribution in [0.5, 0.6) is 0 Å². The topological polar surface area (TPSA) is 67.8 Å². The molecule has 0 aromatic rings. The van der Waals surface area contributed by atoms with Crippen molar-refractivity contribution in [3.05, 3.63) is 0 Å². The monoisotopic (exact) mass is 195 g/mol. The van der Waals surface area contributed by atoms with Crippen molar-refractivity contribution in [1.29, 1.82) is 0 Å². The number of methoxy groups -OCH3 is 1. The number of hydrogen-bond donors (Lipinski definition) is 2. The third-order valence-electron chi connectivity index (χ3n) is 1.22. The van der Waals surface area contributed by atoms with E-state index in [1.807, 2.05) is 0 Å². The maximum absolute atomic E-state index is 10.4. The zero-order valence-corrected chi connectivity index (χ0v) is 8.10. The minimum absolute atomic E-state index is 0.141. The second-order valence-electron chi connectivity index (χ2n) is 2.13. The van der Waals surface area contributed by atoms with Gasteiger partial charge in [0.05, 0.1) is 19.8 Å². The lowest BCUT2D eigenvalue weighted by Crippen LogP contribution is -2.35. The van der Waals surface area contributed by atoms with Crippen molar-refractivity contribution in [2.45, 2.75) is 6.04 Å². The minimum atomic E-state index is -0.928. The van der Waals surface area contributed by atoms with E-state index < -0.39 is 12.0 Å². The smallest absolute Gasteiger partial charge is 0.323 e. The van der Waals surface area contributed by atoms with E-state index in [0.717, 1.165) is 0 Å². The maximum atomic E-state index is 10.4. The van der Waals surface area contributed by atoms with E-state index in [0.29, 0.717) is 13.2 Å². The van der Waals surface area contributed by atoms with Crippen molar-refractivity contribution >= 4 is 15.4 Å². The molecular weight excluding hydrogens is 181 g/mol. The van der Waals surface area contributed by atoms with Crippen LogP contribution in [-0.2, 0) is 14.3 Å². The molecule has 0 saturated heterocycles. The van der Waals surface area contributed by atoms with Gasteiger partial charge in [-0.3, -0.25) is 9.88 Å². The predicted molar refractivity (Wildman–Crippen MR) is 47.0 cm³/mol. The van der Waals surface area contributed by atoms with Crippen molar-refractivity contribution < 1.29 is 19.4 Å². The van der Waals surface area contributed by atoms with Crippen molar-refractivity contribution in [3.8, 4) is 0 Å². The third kappa shape index (κ3) is 5.43. The van der Waals surface area contributed by atoms with Gasteiger partial charge in [0.25, 0.3) is 0 Å². The highest BCUT2D eigenvalue weighted by molar-refractivity contribution is 7.13. The first kappa shape index (κ1) is 11.8. The number of carboxylic acids is 1. The Morgan fingerprint density at radius 1 is 1.67 bits per heavy atom. The molecule has 0 aromatic carbocycles. The summed E-state index contributed by atoms with van der Waals surface area (Å²) in [6, 6.07) is -0.674. The zero-order chi connectivity index (χ0) is 9.40. The van der Waals surface area contributed by atoms with Crippen LogP contribution in [0, 0.1) is 0 Å². The molecule has 0 heterocycles. The molecular formula is C6H14NO4P. The lowest BCUT2D eigenvalue weighted by atomic mass is 10.3. The quantitative estimate of drug-likeness (QED) is 0.422. The second kappa shape index (κ2) is 7.43. The highest BCUT2D eigenvalue weighted by Crippen LogP contribution is 1.89. The van der Waals surface area contributed by atoms with E-state index in [1.54, 1.807) is 7.11 Å². The number of aliphatic carboxylic acids is 1. The SMILES string of the molecule is COCCOC[C@H](NP)C(=O)O. The maximum Gasteiger partial charge on any atom is 0.323 e. The molecule has 72 valence electrons. The summed E-state index contributed by atoms with van der Waals surface area (Å²) < 4.78 is 9.73. The van der Waals surface area contributed by atoms with Crippen molar-refractivity contribution in [2.75, 3.05) is 26.9 Å². The van der Waals surface area contributed by atoms with Crippen LogP contribution in [0.2, 0.25) is 0 Å². The fourth-order valence-electron chi connectivity index (χ4n) is 0.534. The van der Waals surface area contributed by atoms with Gasteiger partial charge in [0.2, 0.25) is 0 Å². The highest BCUT2D eigenvalue weighted by Gasteiger charge is 2.14. The van der Waals surface area contributed by atoms with Crippen LogP contribution in [0.4, 0.5) is 0 Å². The van der Waals surface area contributed by atoms with E-state index in [1.165, 1.54) is 0 Å². The molecule has 6 heteroatoms. The predicted octanol–water partition coefficient (Wildman–Crippen LogP) is -0.518. The Bertz CT molecular complexity index is 133. The van der Waals surface area contributed by atoms with Gasteiger partial charge in [0, 0.05) is 7.11 Å². The van der Waals surface area contributed by atoms with E-state index in [2.05, 4.69) is 14.5 Å². The average Bonchev–Trinajstić information content (AvgIpc) is 2.04. The summed E-state index contributed by atoms with van der Waals surface area (Å²) in [6.45, 7) is 1.03.